The maximum Gasteiger partial charge on any atom is 0.259 e. The van der Waals surface area contributed by atoms with Crippen LogP contribution in [0, 0.1) is 0 Å². The van der Waals surface area contributed by atoms with Crippen molar-refractivity contribution >= 4 is 5.91 Å². The molecule has 1 saturated carbocycles. The van der Waals surface area contributed by atoms with Gasteiger partial charge in [-0.3, -0.25) is 9.69 Å². The lowest BCUT2D eigenvalue weighted by Gasteiger charge is -2.35. The van der Waals surface area contributed by atoms with Crippen molar-refractivity contribution in [3.8, 4) is 17.4 Å². The zero-order chi connectivity index (χ0) is 20.8. The fourth-order valence-electron chi connectivity index (χ4n) is 4.41. The third-order valence-corrected chi connectivity index (χ3v) is 6.11. The van der Waals surface area contributed by atoms with E-state index in [-0.39, 0.29) is 5.91 Å². The van der Waals surface area contributed by atoms with Crippen LogP contribution in [0.3, 0.4) is 0 Å². The van der Waals surface area contributed by atoms with E-state index >= 15 is 0 Å². The number of pyridine rings is 1. The molecule has 0 unspecified atom stereocenters. The second kappa shape index (κ2) is 9.94. The Hall–Kier alpha value is -2.60. The Morgan fingerprint density at radius 2 is 1.80 bits per heavy atom. The van der Waals surface area contributed by atoms with Crippen LogP contribution in [0.15, 0.2) is 42.6 Å². The number of likely N-dealkylation sites (N-methyl/N-ethyl adjacent to an activating group) is 1. The molecule has 2 heterocycles. The standard InChI is InChI=1S/C24H31N3O3/c1-2-26-15-16-27(19-9-4-3-5-10-19)17-18-29-21-12-6-7-13-22(21)30-23-20(24(26)28)11-8-14-25-23/h6-8,11-14,19H,2-5,9-10,15-18H2,1H3. The van der Waals surface area contributed by atoms with Crippen LogP contribution in [0.2, 0.25) is 0 Å². The molecule has 6 nitrogen and oxygen atoms in total. The van der Waals surface area contributed by atoms with Crippen LogP contribution in [-0.2, 0) is 0 Å². The predicted octanol–water partition coefficient (Wildman–Crippen LogP) is 4.36. The summed E-state index contributed by atoms with van der Waals surface area (Å²) in [7, 11) is 0. The van der Waals surface area contributed by atoms with Crippen LogP contribution in [0.25, 0.3) is 0 Å². The van der Waals surface area contributed by atoms with E-state index in [2.05, 4.69) is 9.88 Å². The van der Waals surface area contributed by atoms with E-state index in [0.717, 1.165) is 13.1 Å². The molecule has 30 heavy (non-hydrogen) atoms. The molecule has 6 heteroatoms. The zero-order valence-corrected chi connectivity index (χ0v) is 17.8. The summed E-state index contributed by atoms with van der Waals surface area (Å²) in [6, 6.07) is 11.7. The Labute approximate surface area is 178 Å². The van der Waals surface area contributed by atoms with Crippen LogP contribution in [0.5, 0.6) is 17.4 Å². The molecule has 1 fully saturated rings. The average molecular weight is 410 g/mol. The van der Waals surface area contributed by atoms with Crippen LogP contribution in [-0.4, -0.2) is 59.5 Å². The summed E-state index contributed by atoms with van der Waals surface area (Å²) in [6.45, 7) is 5.65. The van der Waals surface area contributed by atoms with Gasteiger partial charge in [0.25, 0.3) is 5.91 Å². The lowest BCUT2D eigenvalue weighted by molar-refractivity contribution is 0.0701. The Balaban J connectivity index is 1.65. The summed E-state index contributed by atoms with van der Waals surface area (Å²) in [5.74, 6) is 1.54. The number of benzene rings is 1. The summed E-state index contributed by atoms with van der Waals surface area (Å²) < 4.78 is 12.2. The average Bonchev–Trinajstić information content (AvgIpc) is 2.80. The van der Waals surface area contributed by atoms with Crippen LogP contribution in [0.4, 0.5) is 0 Å². The van der Waals surface area contributed by atoms with Crippen LogP contribution >= 0.6 is 0 Å². The van der Waals surface area contributed by atoms with Crippen molar-refractivity contribution in [2.24, 2.45) is 0 Å². The molecule has 1 aromatic carbocycles. The van der Waals surface area contributed by atoms with Crippen LogP contribution < -0.4 is 9.47 Å². The fourth-order valence-corrected chi connectivity index (χ4v) is 4.41. The van der Waals surface area contributed by atoms with E-state index in [4.69, 9.17) is 9.47 Å². The van der Waals surface area contributed by atoms with Crippen molar-refractivity contribution < 1.29 is 14.3 Å². The summed E-state index contributed by atoms with van der Waals surface area (Å²) >= 11 is 0. The Morgan fingerprint density at radius 1 is 1.00 bits per heavy atom. The highest BCUT2D eigenvalue weighted by molar-refractivity contribution is 5.96. The van der Waals surface area contributed by atoms with Crippen molar-refractivity contribution in [1.29, 1.82) is 0 Å². The summed E-state index contributed by atoms with van der Waals surface area (Å²) in [6.07, 6.45) is 8.01. The molecular weight excluding hydrogens is 378 g/mol. The SMILES string of the molecule is CCN1CCN(C2CCCCC2)CCOc2ccccc2Oc2ncccc2C1=O. The largest absolute Gasteiger partial charge is 0.488 e. The van der Waals surface area contributed by atoms with Gasteiger partial charge in [0, 0.05) is 38.4 Å². The van der Waals surface area contributed by atoms with Gasteiger partial charge in [-0.05, 0) is 44.0 Å². The number of carbonyl (C=O) groups excluding carboxylic acids is 1. The Bertz CT molecular complexity index is 851. The zero-order valence-electron chi connectivity index (χ0n) is 17.8. The highest BCUT2D eigenvalue weighted by atomic mass is 16.5. The lowest BCUT2D eigenvalue weighted by atomic mass is 9.94. The first-order valence-corrected chi connectivity index (χ1v) is 11.1. The highest BCUT2D eigenvalue weighted by Crippen LogP contribution is 2.32. The molecule has 4 rings (SSSR count). The number of ether oxygens (including phenoxy) is 2. The second-order valence-corrected chi connectivity index (χ2v) is 7.97. The van der Waals surface area contributed by atoms with Gasteiger partial charge in [0.2, 0.25) is 5.88 Å². The molecule has 0 radical (unpaired) electrons. The quantitative estimate of drug-likeness (QED) is 0.738. The van der Waals surface area contributed by atoms with E-state index in [9.17, 15) is 4.79 Å². The minimum atomic E-state index is -0.0400. The van der Waals surface area contributed by atoms with Gasteiger partial charge in [0.05, 0.1) is 0 Å². The maximum atomic E-state index is 13.3. The molecular formula is C24H31N3O3. The molecule has 1 aliphatic carbocycles. The van der Waals surface area contributed by atoms with E-state index in [1.807, 2.05) is 36.1 Å². The fraction of sp³-hybridized carbons (Fsp3) is 0.500. The smallest absolute Gasteiger partial charge is 0.259 e. The minimum Gasteiger partial charge on any atom is -0.488 e. The number of hydrogen-bond acceptors (Lipinski definition) is 5. The number of rotatable bonds is 2. The number of carbonyl (C=O) groups is 1. The van der Waals surface area contributed by atoms with E-state index in [0.29, 0.717) is 48.7 Å². The van der Waals surface area contributed by atoms with Gasteiger partial charge in [-0.2, -0.15) is 0 Å². The van der Waals surface area contributed by atoms with Crippen molar-refractivity contribution in [1.82, 2.24) is 14.8 Å². The third kappa shape index (κ3) is 4.75. The third-order valence-electron chi connectivity index (χ3n) is 6.11. The Morgan fingerprint density at radius 3 is 2.60 bits per heavy atom. The monoisotopic (exact) mass is 409 g/mol. The van der Waals surface area contributed by atoms with Crippen molar-refractivity contribution in [3.05, 3.63) is 48.2 Å². The van der Waals surface area contributed by atoms with Gasteiger partial charge in [-0.25, -0.2) is 4.98 Å². The number of hydrogen-bond donors (Lipinski definition) is 0. The molecule has 1 aromatic heterocycles. The molecule has 0 spiro atoms. The molecule has 1 aliphatic heterocycles. The van der Waals surface area contributed by atoms with Crippen molar-refractivity contribution in [2.45, 2.75) is 45.1 Å². The maximum absolute atomic E-state index is 13.3. The summed E-state index contributed by atoms with van der Waals surface area (Å²) in [5.41, 5.74) is 0.484. The van der Waals surface area contributed by atoms with Crippen LogP contribution in [0.1, 0.15) is 49.4 Å². The van der Waals surface area contributed by atoms with Gasteiger partial charge >= 0.3 is 0 Å². The van der Waals surface area contributed by atoms with Gasteiger partial charge in [0.15, 0.2) is 11.5 Å². The molecule has 0 saturated heterocycles. The predicted molar refractivity (Wildman–Crippen MR) is 116 cm³/mol. The number of nitrogens with zero attached hydrogens (tertiary/aromatic N) is 3. The topological polar surface area (TPSA) is 54.9 Å². The van der Waals surface area contributed by atoms with Gasteiger partial charge in [-0.15, -0.1) is 0 Å². The minimum absolute atomic E-state index is 0.0400. The molecule has 160 valence electrons. The molecule has 0 N–H and O–H groups in total. The normalized spacial score (nSPS) is 19.4. The van der Waals surface area contributed by atoms with Crippen molar-refractivity contribution in [2.75, 3.05) is 32.8 Å². The van der Waals surface area contributed by atoms with Gasteiger partial charge in [-0.1, -0.05) is 31.4 Å². The highest BCUT2D eigenvalue weighted by Gasteiger charge is 2.25. The first-order chi connectivity index (χ1) is 14.8. The lowest BCUT2D eigenvalue weighted by Crippen LogP contribution is -2.45. The van der Waals surface area contributed by atoms with E-state index < -0.39 is 0 Å². The van der Waals surface area contributed by atoms with E-state index in [1.54, 1.807) is 18.3 Å². The molecule has 0 atom stereocenters. The summed E-state index contributed by atoms with van der Waals surface area (Å²) in [5, 5.41) is 0. The number of para-hydroxylation sites is 2. The first kappa shape index (κ1) is 20.7. The molecule has 2 aromatic rings. The summed E-state index contributed by atoms with van der Waals surface area (Å²) in [4.78, 5) is 22.1. The second-order valence-electron chi connectivity index (χ2n) is 7.97. The Kier molecular flexibility index (Phi) is 6.84. The molecule has 1 amide bonds. The van der Waals surface area contributed by atoms with Gasteiger partial charge < -0.3 is 14.4 Å². The number of aromatic nitrogens is 1. The van der Waals surface area contributed by atoms with Gasteiger partial charge in [0.1, 0.15) is 12.2 Å². The molecule has 0 bridgehead atoms. The number of amides is 1. The van der Waals surface area contributed by atoms with Crippen molar-refractivity contribution in [3.63, 3.8) is 0 Å². The number of fused-ring (bicyclic) bond motifs is 2. The molecule has 2 aliphatic rings. The van der Waals surface area contributed by atoms with E-state index in [1.165, 1.54) is 32.1 Å². The first-order valence-electron chi connectivity index (χ1n) is 11.1.